The second-order valence-electron chi connectivity index (χ2n) is 18.3. The van der Waals surface area contributed by atoms with Gasteiger partial charge in [-0.3, -0.25) is 0 Å². The third kappa shape index (κ3) is 7.28. The standard InChI is InChI=1S/C68H50Si2/c1-7-23-53(24-8-1)69(54-25-9-2-10-26-54,55-27-11-3-12-28-55)59-43-39-51(40-44-59)61-47-49-67(65-37-21-19-35-63(61)65)68-50-48-62(64-36-20-22-38-66(64)68)52-41-45-60(46-42-52)70(56-29-13-4-14-30-56,57-31-15-5-16-32-57)58-33-17-6-18-34-58/h1-50H. The van der Waals surface area contributed by atoms with Gasteiger partial charge in [0.15, 0.2) is 16.1 Å². The summed E-state index contributed by atoms with van der Waals surface area (Å²) in [5.74, 6) is 0. The van der Waals surface area contributed by atoms with Gasteiger partial charge in [-0.25, -0.2) is 0 Å². The van der Waals surface area contributed by atoms with Crippen LogP contribution in [0.15, 0.2) is 303 Å². The van der Waals surface area contributed by atoms with E-state index in [4.69, 9.17) is 0 Å². The second-order valence-corrected chi connectivity index (χ2v) is 25.9. The fourth-order valence-electron chi connectivity index (χ4n) is 11.5. The Hall–Kier alpha value is -8.41. The van der Waals surface area contributed by atoms with Crippen molar-refractivity contribution in [3.05, 3.63) is 303 Å². The largest absolute Gasteiger partial charge is 0.179 e. The van der Waals surface area contributed by atoms with Crippen LogP contribution in [0.1, 0.15) is 0 Å². The van der Waals surface area contributed by atoms with Crippen LogP contribution in [-0.2, 0) is 0 Å². The molecule has 0 aliphatic heterocycles. The molecule has 12 aromatic rings. The predicted octanol–water partition coefficient (Wildman–Crippen LogP) is 11.7. The van der Waals surface area contributed by atoms with Gasteiger partial charge in [0.05, 0.1) is 0 Å². The van der Waals surface area contributed by atoms with E-state index in [-0.39, 0.29) is 0 Å². The molecule has 70 heavy (non-hydrogen) atoms. The highest BCUT2D eigenvalue weighted by Crippen LogP contribution is 2.41. The van der Waals surface area contributed by atoms with Crippen molar-refractivity contribution in [2.75, 3.05) is 0 Å². The van der Waals surface area contributed by atoms with Crippen LogP contribution in [0, 0.1) is 0 Å². The summed E-state index contributed by atoms with van der Waals surface area (Å²) in [6, 6.07) is 113. The second kappa shape index (κ2) is 18.6. The van der Waals surface area contributed by atoms with Crippen LogP contribution in [0.2, 0.25) is 0 Å². The van der Waals surface area contributed by atoms with E-state index in [0.29, 0.717) is 0 Å². The fourth-order valence-corrected chi connectivity index (χ4v) is 21.0. The Morgan fingerprint density at radius 3 is 0.571 bits per heavy atom. The summed E-state index contributed by atoms with van der Waals surface area (Å²) in [7, 11) is -5.28. The van der Waals surface area contributed by atoms with Crippen molar-refractivity contribution in [2.45, 2.75) is 0 Å². The van der Waals surface area contributed by atoms with Gasteiger partial charge >= 0.3 is 0 Å². The molecule has 0 N–H and O–H groups in total. The molecule has 0 amide bonds. The molecule has 0 radical (unpaired) electrons. The summed E-state index contributed by atoms with van der Waals surface area (Å²) in [5.41, 5.74) is 7.38. The Labute approximate surface area is 413 Å². The lowest BCUT2D eigenvalue weighted by Crippen LogP contribution is -2.74. The van der Waals surface area contributed by atoms with E-state index in [9.17, 15) is 0 Å². The first kappa shape index (κ1) is 42.9. The average molecular weight is 923 g/mol. The molecule has 0 aliphatic carbocycles. The Morgan fingerprint density at radius 1 is 0.143 bits per heavy atom. The van der Waals surface area contributed by atoms with Crippen LogP contribution in [0.5, 0.6) is 0 Å². The molecular formula is C68H50Si2. The van der Waals surface area contributed by atoms with Gasteiger partial charge in [-0.1, -0.05) is 303 Å². The molecule has 12 aromatic carbocycles. The van der Waals surface area contributed by atoms with Crippen molar-refractivity contribution < 1.29 is 0 Å². The van der Waals surface area contributed by atoms with Crippen molar-refractivity contribution in [3.8, 4) is 33.4 Å². The molecule has 2 heteroatoms. The Bertz CT molecular complexity index is 3260. The number of benzene rings is 12. The molecule has 0 atom stereocenters. The van der Waals surface area contributed by atoms with E-state index in [2.05, 4.69) is 303 Å². The molecule has 0 aliphatic rings. The van der Waals surface area contributed by atoms with E-state index >= 15 is 0 Å². The van der Waals surface area contributed by atoms with E-state index in [1.54, 1.807) is 0 Å². The number of hydrogen-bond acceptors (Lipinski definition) is 0. The van der Waals surface area contributed by atoms with Crippen LogP contribution in [0.3, 0.4) is 0 Å². The van der Waals surface area contributed by atoms with Gasteiger partial charge in [0.25, 0.3) is 0 Å². The van der Waals surface area contributed by atoms with Gasteiger partial charge < -0.3 is 0 Å². The van der Waals surface area contributed by atoms with Crippen molar-refractivity contribution in [2.24, 2.45) is 0 Å². The van der Waals surface area contributed by atoms with Crippen LogP contribution in [0.25, 0.3) is 54.9 Å². The fraction of sp³-hybridized carbons (Fsp3) is 0. The molecule has 0 heterocycles. The Kier molecular flexibility index (Phi) is 11.4. The third-order valence-corrected chi connectivity index (χ3v) is 24.2. The van der Waals surface area contributed by atoms with Crippen LogP contribution in [0.4, 0.5) is 0 Å². The smallest absolute Gasteiger partial charge is 0.0623 e. The quantitative estimate of drug-likeness (QED) is 0.0896. The lowest BCUT2D eigenvalue weighted by molar-refractivity contribution is 1.62. The van der Waals surface area contributed by atoms with E-state index < -0.39 is 16.1 Å². The normalized spacial score (nSPS) is 11.7. The van der Waals surface area contributed by atoms with Gasteiger partial charge in [0, 0.05) is 0 Å². The van der Waals surface area contributed by atoms with Gasteiger partial charge in [0.1, 0.15) is 0 Å². The van der Waals surface area contributed by atoms with Crippen molar-refractivity contribution in [1.82, 2.24) is 0 Å². The highest BCUT2D eigenvalue weighted by Gasteiger charge is 2.42. The SMILES string of the molecule is c1ccc([Si](c2ccccc2)(c2ccccc2)c2ccc(-c3ccc(-c4ccc(-c5ccc([Si](c6ccccc6)(c6ccccc6)c6ccccc6)cc5)c5ccccc45)c4ccccc34)cc2)cc1. The van der Waals surface area contributed by atoms with Gasteiger partial charge in [-0.2, -0.15) is 0 Å². The lowest BCUT2D eigenvalue weighted by Gasteiger charge is -2.34. The topological polar surface area (TPSA) is 0 Å². The Morgan fingerprint density at radius 2 is 0.329 bits per heavy atom. The van der Waals surface area contributed by atoms with Crippen molar-refractivity contribution in [1.29, 1.82) is 0 Å². The maximum atomic E-state index is 2.41. The molecule has 0 unspecified atom stereocenters. The number of rotatable bonds is 11. The summed E-state index contributed by atoms with van der Waals surface area (Å²) in [5, 5.41) is 16.0. The minimum Gasteiger partial charge on any atom is -0.0623 e. The minimum atomic E-state index is -2.64. The van der Waals surface area contributed by atoms with E-state index in [0.717, 1.165) is 0 Å². The summed E-state index contributed by atoms with van der Waals surface area (Å²) in [6.45, 7) is 0. The van der Waals surface area contributed by atoms with Crippen molar-refractivity contribution >= 4 is 79.2 Å². The summed E-state index contributed by atoms with van der Waals surface area (Å²) in [4.78, 5) is 0. The zero-order chi connectivity index (χ0) is 46.7. The van der Waals surface area contributed by atoms with Gasteiger partial charge in [0.2, 0.25) is 0 Å². The first-order chi connectivity index (χ1) is 34.7. The molecule has 0 fully saturated rings. The summed E-state index contributed by atoms with van der Waals surface area (Å²) in [6.07, 6.45) is 0. The lowest BCUT2D eigenvalue weighted by atomic mass is 9.88. The highest BCUT2D eigenvalue weighted by atomic mass is 28.3. The maximum Gasteiger partial charge on any atom is 0.179 e. The van der Waals surface area contributed by atoms with Crippen LogP contribution in [-0.4, -0.2) is 16.1 Å². The Balaban J connectivity index is 0.944. The monoisotopic (exact) mass is 922 g/mol. The van der Waals surface area contributed by atoms with E-state index in [1.807, 2.05) is 0 Å². The first-order valence-electron chi connectivity index (χ1n) is 24.3. The molecule has 12 rings (SSSR count). The molecule has 0 aromatic heterocycles. The van der Waals surface area contributed by atoms with Crippen LogP contribution < -0.4 is 41.5 Å². The first-order valence-corrected chi connectivity index (χ1v) is 28.3. The number of fused-ring (bicyclic) bond motifs is 2. The third-order valence-electron chi connectivity index (χ3n) is 14.6. The maximum absolute atomic E-state index is 2.64. The zero-order valence-corrected chi connectivity index (χ0v) is 40.9. The summed E-state index contributed by atoms with van der Waals surface area (Å²) < 4.78 is 0. The average Bonchev–Trinajstić information content (AvgIpc) is 3.45. The summed E-state index contributed by atoms with van der Waals surface area (Å²) >= 11 is 0. The minimum absolute atomic E-state index is 1.21. The molecule has 0 saturated heterocycles. The van der Waals surface area contributed by atoms with Crippen LogP contribution >= 0.6 is 0 Å². The van der Waals surface area contributed by atoms with Crippen molar-refractivity contribution in [3.63, 3.8) is 0 Å². The molecule has 0 spiro atoms. The van der Waals surface area contributed by atoms with Gasteiger partial charge in [-0.15, -0.1) is 0 Å². The molecule has 330 valence electrons. The van der Waals surface area contributed by atoms with E-state index in [1.165, 1.54) is 96.4 Å². The zero-order valence-electron chi connectivity index (χ0n) is 38.9. The highest BCUT2D eigenvalue weighted by molar-refractivity contribution is 7.20. The molecule has 0 bridgehead atoms. The van der Waals surface area contributed by atoms with Gasteiger partial charge in [-0.05, 0) is 96.4 Å². The molecular weight excluding hydrogens is 873 g/mol. The molecule has 0 saturated carbocycles. The molecule has 0 nitrogen and oxygen atoms in total. The predicted molar refractivity (Wildman–Crippen MR) is 305 cm³/mol. The number of hydrogen-bond donors (Lipinski definition) is 0.